The van der Waals surface area contributed by atoms with Crippen LogP contribution in [0.1, 0.15) is 31.7 Å². The fourth-order valence-corrected chi connectivity index (χ4v) is 3.09. The van der Waals surface area contributed by atoms with Gasteiger partial charge in [-0.25, -0.2) is 0 Å². The molecule has 0 saturated heterocycles. The van der Waals surface area contributed by atoms with Crippen molar-refractivity contribution in [2.24, 2.45) is 0 Å². The number of ether oxygens (including phenoxy) is 1. The van der Waals surface area contributed by atoms with Crippen LogP contribution in [0, 0.1) is 0 Å². The van der Waals surface area contributed by atoms with Crippen molar-refractivity contribution in [2.75, 3.05) is 6.61 Å². The van der Waals surface area contributed by atoms with Gasteiger partial charge in [-0.2, -0.15) is 0 Å². The summed E-state index contributed by atoms with van der Waals surface area (Å²) in [6, 6.07) is 17.4. The van der Waals surface area contributed by atoms with E-state index >= 15 is 0 Å². The lowest BCUT2D eigenvalue weighted by atomic mass is 10.2. The second-order valence-electron chi connectivity index (χ2n) is 4.99. The average Bonchev–Trinajstić information content (AvgIpc) is 2.55. The van der Waals surface area contributed by atoms with Crippen LogP contribution in [0.5, 0.6) is 0 Å². The van der Waals surface area contributed by atoms with Crippen LogP contribution in [-0.2, 0) is 22.5 Å². The molecule has 0 heterocycles. The average molecular weight is 302 g/mol. The SMILES string of the molecule is CCCCCOCc1ccc([S+]([O-])c2ccccc2)cc1. The maximum atomic E-state index is 12.4. The Bertz CT molecular complexity index is 511. The molecule has 1 unspecified atom stereocenters. The molecule has 0 amide bonds. The van der Waals surface area contributed by atoms with E-state index in [2.05, 4.69) is 6.92 Å². The van der Waals surface area contributed by atoms with E-state index in [9.17, 15) is 4.55 Å². The second-order valence-corrected chi connectivity index (χ2v) is 6.47. The van der Waals surface area contributed by atoms with E-state index in [1.165, 1.54) is 12.8 Å². The quantitative estimate of drug-likeness (QED) is 0.529. The lowest BCUT2D eigenvalue weighted by Gasteiger charge is -2.10. The van der Waals surface area contributed by atoms with Gasteiger partial charge in [-0.15, -0.1) is 0 Å². The van der Waals surface area contributed by atoms with E-state index < -0.39 is 11.2 Å². The third-order valence-corrected chi connectivity index (χ3v) is 4.66. The monoisotopic (exact) mass is 302 g/mol. The molecule has 1 atom stereocenters. The van der Waals surface area contributed by atoms with Gasteiger partial charge >= 0.3 is 0 Å². The number of benzene rings is 2. The largest absolute Gasteiger partial charge is 0.606 e. The van der Waals surface area contributed by atoms with E-state index in [1.54, 1.807) is 0 Å². The highest BCUT2D eigenvalue weighted by atomic mass is 32.2. The molecule has 2 aromatic carbocycles. The molecule has 112 valence electrons. The van der Waals surface area contributed by atoms with Crippen molar-refractivity contribution >= 4 is 11.2 Å². The molecule has 2 nitrogen and oxygen atoms in total. The molecule has 2 rings (SSSR count). The Kier molecular flexibility index (Phi) is 6.80. The number of unbranched alkanes of at least 4 members (excludes halogenated alkanes) is 2. The Morgan fingerprint density at radius 2 is 1.57 bits per heavy atom. The highest BCUT2D eigenvalue weighted by Crippen LogP contribution is 2.20. The van der Waals surface area contributed by atoms with Crippen LogP contribution in [0.3, 0.4) is 0 Å². The molecule has 0 saturated carbocycles. The fourth-order valence-electron chi connectivity index (χ4n) is 2.03. The molecular weight excluding hydrogens is 280 g/mol. The van der Waals surface area contributed by atoms with Crippen molar-refractivity contribution in [2.45, 2.75) is 42.6 Å². The Morgan fingerprint density at radius 1 is 0.905 bits per heavy atom. The Labute approximate surface area is 130 Å². The van der Waals surface area contributed by atoms with Gasteiger partial charge < -0.3 is 9.29 Å². The normalized spacial score (nSPS) is 12.3. The standard InChI is InChI=1S/C18H22O2S/c1-2-3-7-14-20-15-16-10-12-18(13-11-16)21(19)17-8-5-4-6-9-17/h4-6,8-13H,2-3,7,14-15H2,1H3. The summed E-state index contributed by atoms with van der Waals surface area (Å²) >= 11 is -1.11. The van der Waals surface area contributed by atoms with E-state index in [0.29, 0.717) is 6.61 Å². The van der Waals surface area contributed by atoms with E-state index in [1.807, 2.05) is 54.6 Å². The van der Waals surface area contributed by atoms with Gasteiger partial charge in [-0.3, -0.25) is 0 Å². The molecule has 3 heteroatoms. The summed E-state index contributed by atoms with van der Waals surface area (Å²) in [5, 5.41) is 0. The molecule has 21 heavy (non-hydrogen) atoms. The molecule has 0 aliphatic heterocycles. The first-order valence-corrected chi connectivity index (χ1v) is 8.59. The van der Waals surface area contributed by atoms with Crippen molar-refractivity contribution in [1.82, 2.24) is 0 Å². The van der Waals surface area contributed by atoms with E-state index in [4.69, 9.17) is 4.74 Å². The highest BCUT2D eigenvalue weighted by Gasteiger charge is 2.13. The van der Waals surface area contributed by atoms with Crippen molar-refractivity contribution in [1.29, 1.82) is 0 Å². The number of rotatable bonds is 8. The summed E-state index contributed by atoms with van der Waals surface area (Å²) in [6.07, 6.45) is 3.55. The predicted molar refractivity (Wildman–Crippen MR) is 86.7 cm³/mol. The number of hydrogen-bond acceptors (Lipinski definition) is 2. The summed E-state index contributed by atoms with van der Waals surface area (Å²) in [4.78, 5) is 1.66. The maximum Gasteiger partial charge on any atom is 0.158 e. The van der Waals surface area contributed by atoms with Gasteiger partial charge in [0.25, 0.3) is 0 Å². The minimum atomic E-state index is -1.11. The lowest BCUT2D eigenvalue weighted by molar-refractivity contribution is 0.117. The first-order chi connectivity index (χ1) is 10.3. The zero-order chi connectivity index (χ0) is 14.9. The van der Waals surface area contributed by atoms with Crippen LogP contribution in [-0.4, -0.2) is 11.2 Å². The van der Waals surface area contributed by atoms with Crippen molar-refractivity contribution in [3.05, 3.63) is 60.2 Å². The van der Waals surface area contributed by atoms with Gasteiger partial charge in [0, 0.05) is 17.8 Å². The zero-order valence-electron chi connectivity index (χ0n) is 12.5. The molecule has 0 aliphatic carbocycles. The maximum absolute atomic E-state index is 12.4. The van der Waals surface area contributed by atoms with Gasteiger partial charge in [0.1, 0.15) is 0 Å². The molecule has 0 bridgehead atoms. The van der Waals surface area contributed by atoms with Gasteiger partial charge in [0.2, 0.25) is 0 Å². The minimum Gasteiger partial charge on any atom is -0.606 e. The van der Waals surface area contributed by atoms with E-state index in [0.717, 1.165) is 28.4 Å². The molecule has 0 radical (unpaired) electrons. The highest BCUT2D eigenvalue weighted by molar-refractivity contribution is 7.91. The summed E-state index contributed by atoms with van der Waals surface area (Å²) in [5.41, 5.74) is 1.13. The summed E-state index contributed by atoms with van der Waals surface area (Å²) < 4.78 is 18.0. The second kappa shape index (κ2) is 8.88. The zero-order valence-corrected chi connectivity index (χ0v) is 13.3. The van der Waals surface area contributed by atoms with Gasteiger partial charge in [0.05, 0.1) is 6.61 Å². The minimum absolute atomic E-state index is 0.627. The lowest BCUT2D eigenvalue weighted by Crippen LogP contribution is -2.02. The first-order valence-electron chi connectivity index (χ1n) is 7.44. The van der Waals surface area contributed by atoms with Gasteiger partial charge in [-0.1, -0.05) is 50.1 Å². The summed E-state index contributed by atoms with van der Waals surface area (Å²) in [6.45, 7) is 3.62. The van der Waals surface area contributed by atoms with Gasteiger partial charge in [0.15, 0.2) is 9.79 Å². The topological polar surface area (TPSA) is 32.3 Å². The Hall–Kier alpha value is -1.29. The van der Waals surface area contributed by atoms with Crippen LogP contribution in [0.25, 0.3) is 0 Å². The van der Waals surface area contributed by atoms with Crippen LogP contribution in [0.2, 0.25) is 0 Å². The molecule has 0 fully saturated rings. The van der Waals surface area contributed by atoms with Crippen LogP contribution >= 0.6 is 0 Å². The number of hydrogen-bond donors (Lipinski definition) is 0. The Morgan fingerprint density at radius 3 is 2.24 bits per heavy atom. The van der Waals surface area contributed by atoms with Gasteiger partial charge in [-0.05, 0) is 36.2 Å². The molecular formula is C18H22O2S. The summed E-state index contributed by atoms with van der Waals surface area (Å²) in [7, 11) is 0. The van der Waals surface area contributed by atoms with Crippen molar-refractivity contribution < 1.29 is 9.29 Å². The van der Waals surface area contributed by atoms with Crippen LogP contribution in [0.15, 0.2) is 64.4 Å². The molecule has 0 spiro atoms. The first kappa shape index (κ1) is 16.1. The summed E-state index contributed by atoms with van der Waals surface area (Å²) in [5.74, 6) is 0. The molecule has 2 aromatic rings. The Balaban J connectivity index is 1.87. The van der Waals surface area contributed by atoms with E-state index in [-0.39, 0.29) is 0 Å². The smallest absolute Gasteiger partial charge is 0.158 e. The molecule has 0 aromatic heterocycles. The third kappa shape index (κ3) is 5.20. The molecule has 0 aliphatic rings. The van der Waals surface area contributed by atoms with Crippen LogP contribution in [0.4, 0.5) is 0 Å². The molecule has 0 N–H and O–H groups in total. The third-order valence-electron chi connectivity index (χ3n) is 3.26. The predicted octanol–water partition coefficient (Wildman–Crippen LogP) is 4.56. The van der Waals surface area contributed by atoms with Crippen molar-refractivity contribution in [3.63, 3.8) is 0 Å². The van der Waals surface area contributed by atoms with Crippen molar-refractivity contribution in [3.8, 4) is 0 Å². The van der Waals surface area contributed by atoms with Crippen LogP contribution < -0.4 is 0 Å². The fraction of sp³-hybridized carbons (Fsp3) is 0.333.